The Kier molecular flexibility index (Phi) is 2.26. The standard InChI is InChI=1S/C9H11NO/c1-7-4-3-5-9(8(7)2)10-6-11/h3-6H,1-2H3,(H,10,11). The molecule has 1 amide bonds. The van der Waals surface area contributed by atoms with Crippen LogP contribution in [0.4, 0.5) is 5.69 Å². The lowest BCUT2D eigenvalue weighted by molar-refractivity contribution is -0.105. The highest BCUT2D eigenvalue weighted by Gasteiger charge is 1.97. The van der Waals surface area contributed by atoms with Gasteiger partial charge in [-0.1, -0.05) is 12.1 Å². The number of hydrogen-bond donors (Lipinski definition) is 1. The molecule has 0 saturated heterocycles. The Hall–Kier alpha value is -1.31. The van der Waals surface area contributed by atoms with Crippen molar-refractivity contribution < 1.29 is 4.79 Å². The van der Waals surface area contributed by atoms with Crippen LogP contribution in [0.15, 0.2) is 18.2 Å². The monoisotopic (exact) mass is 149 g/mol. The van der Waals surface area contributed by atoms with E-state index in [4.69, 9.17) is 0 Å². The molecule has 1 aromatic rings. The Morgan fingerprint density at radius 3 is 2.73 bits per heavy atom. The van der Waals surface area contributed by atoms with Crippen molar-refractivity contribution in [1.29, 1.82) is 0 Å². The van der Waals surface area contributed by atoms with Crippen LogP contribution in [0, 0.1) is 13.8 Å². The number of nitrogens with one attached hydrogen (secondary N) is 1. The van der Waals surface area contributed by atoms with Crippen LogP contribution in [0.2, 0.25) is 0 Å². The fourth-order valence-electron chi connectivity index (χ4n) is 0.971. The highest BCUT2D eigenvalue weighted by Crippen LogP contribution is 2.16. The first-order valence-corrected chi connectivity index (χ1v) is 3.52. The predicted octanol–water partition coefficient (Wildman–Crippen LogP) is 1.87. The summed E-state index contributed by atoms with van der Waals surface area (Å²) < 4.78 is 0. The molecule has 0 aromatic heterocycles. The molecule has 11 heavy (non-hydrogen) atoms. The van der Waals surface area contributed by atoms with E-state index in [0.29, 0.717) is 6.41 Å². The minimum Gasteiger partial charge on any atom is -0.328 e. The van der Waals surface area contributed by atoms with Crippen LogP contribution in [-0.2, 0) is 4.79 Å². The molecule has 58 valence electrons. The van der Waals surface area contributed by atoms with E-state index in [-0.39, 0.29) is 0 Å². The van der Waals surface area contributed by atoms with Crippen molar-refractivity contribution in [2.24, 2.45) is 0 Å². The zero-order valence-electron chi connectivity index (χ0n) is 6.72. The van der Waals surface area contributed by atoms with Gasteiger partial charge in [0.25, 0.3) is 0 Å². The van der Waals surface area contributed by atoms with E-state index >= 15 is 0 Å². The van der Waals surface area contributed by atoms with Gasteiger partial charge in [-0.2, -0.15) is 0 Å². The third-order valence-electron chi connectivity index (χ3n) is 1.82. The van der Waals surface area contributed by atoms with Crippen molar-refractivity contribution in [1.82, 2.24) is 0 Å². The van der Waals surface area contributed by atoms with Gasteiger partial charge in [-0.15, -0.1) is 0 Å². The van der Waals surface area contributed by atoms with Gasteiger partial charge in [0.1, 0.15) is 0 Å². The van der Waals surface area contributed by atoms with Crippen molar-refractivity contribution in [3.8, 4) is 0 Å². The van der Waals surface area contributed by atoms with Gasteiger partial charge in [-0.05, 0) is 31.0 Å². The SMILES string of the molecule is Cc1cccc(NC=O)c1C. The number of benzene rings is 1. The lowest BCUT2D eigenvalue weighted by Crippen LogP contribution is -1.96. The summed E-state index contributed by atoms with van der Waals surface area (Å²) in [5, 5.41) is 2.64. The Labute approximate surface area is 66.2 Å². The van der Waals surface area contributed by atoms with E-state index in [1.807, 2.05) is 32.0 Å². The van der Waals surface area contributed by atoms with Crippen molar-refractivity contribution in [3.63, 3.8) is 0 Å². The van der Waals surface area contributed by atoms with Crippen LogP contribution in [0.3, 0.4) is 0 Å². The van der Waals surface area contributed by atoms with Crippen LogP contribution in [0.25, 0.3) is 0 Å². The first kappa shape index (κ1) is 7.79. The van der Waals surface area contributed by atoms with Gasteiger partial charge < -0.3 is 5.32 Å². The Balaban J connectivity index is 3.05. The van der Waals surface area contributed by atoms with Crippen molar-refractivity contribution >= 4 is 12.1 Å². The van der Waals surface area contributed by atoms with Crippen LogP contribution >= 0.6 is 0 Å². The lowest BCUT2D eigenvalue weighted by Gasteiger charge is -2.05. The molecule has 0 radical (unpaired) electrons. The molecule has 1 aromatic carbocycles. The average Bonchev–Trinajstić information content (AvgIpc) is 1.99. The molecule has 2 heteroatoms. The summed E-state index contributed by atoms with van der Waals surface area (Å²) in [5.74, 6) is 0. The Morgan fingerprint density at radius 2 is 2.09 bits per heavy atom. The molecule has 0 aliphatic rings. The molecular formula is C9H11NO. The molecule has 0 fully saturated rings. The summed E-state index contributed by atoms with van der Waals surface area (Å²) in [5.41, 5.74) is 3.21. The lowest BCUT2D eigenvalue weighted by atomic mass is 10.1. The fraction of sp³-hybridized carbons (Fsp3) is 0.222. The van der Waals surface area contributed by atoms with Gasteiger partial charge in [0.2, 0.25) is 6.41 Å². The summed E-state index contributed by atoms with van der Waals surface area (Å²) in [6, 6.07) is 5.83. The number of carbonyl (C=O) groups is 1. The minimum atomic E-state index is 0.696. The molecule has 1 rings (SSSR count). The van der Waals surface area contributed by atoms with Crippen molar-refractivity contribution in [3.05, 3.63) is 29.3 Å². The highest BCUT2D eigenvalue weighted by molar-refractivity contribution is 5.73. The van der Waals surface area contributed by atoms with Crippen molar-refractivity contribution in [2.45, 2.75) is 13.8 Å². The van der Waals surface area contributed by atoms with E-state index < -0.39 is 0 Å². The largest absolute Gasteiger partial charge is 0.328 e. The summed E-state index contributed by atoms with van der Waals surface area (Å²) >= 11 is 0. The Morgan fingerprint density at radius 1 is 1.36 bits per heavy atom. The zero-order chi connectivity index (χ0) is 8.27. The van der Waals surface area contributed by atoms with Gasteiger partial charge in [-0.3, -0.25) is 4.79 Å². The number of rotatable bonds is 2. The zero-order valence-corrected chi connectivity index (χ0v) is 6.72. The van der Waals surface area contributed by atoms with E-state index in [9.17, 15) is 4.79 Å². The third-order valence-corrected chi connectivity index (χ3v) is 1.82. The van der Waals surface area contributed by atoms with Crippen molar-refractivity contribution in [2.75, 3.05) is 5.32 Å². The quantitative estimate of drug-likeness (QED) is 0.639. The molecule has 0 unspecified atom stereocenters. The van der Waals surface area contributed by atoms with E-state index in [2.05, 4.69) is 5.32 Å². The second-order valence-corrected chi connectivity index (χ2v) is 2.51. The number of hydrogen-bond acceptors (Lipinski definition) is 1. The topological polar surface area (TPSA) is 29.1 Å². The van der Waals surface area contributed by atoms with Gasteiger partial charge in [0.15, 0.2) is 0 Å². The molecule has 0 aliphatic heterocycles. The molecule has 0 saturated carbocycles. The van der Waals surface area contributed by atoms with E-state index in [1.54, 1.807) is 0 Å². The van der Waals surface area contributed by atoms with Crippen LogP contribution in [0.5, 0.6) is 0 Å². The summed E-state index contributed by atoms with van der Waals surface area (Å²) in [6.45, 7) is 4.01. The molecule has 0 spiro atoms. The minimum absolute atomic E-state index is 0.696. The number of carbonyl (C=O) groups excluding carboxylic acids is 1. The third kappa shape index (κ3) is 1.58. The molecule has 0 bridgehead atoms. The molecule has 0 aliphatic carbocycles. The normalized spacial score (nSPS) is 9.27. The summed E-state index contributed by atoms with van der Waals surface area (Å²) in [4.78, 5) is 10.1. The van der Waals surface area contributed by atoms with Gasteiger partial charge in [-0.25, -0.2) is 0 Å². The van der Waals surface area contributed by atoms with Gasteiger partial charge in [0.05, 0.1) is 0 Å². The first-order chi connectivity index (χ1) is 5.25. The first-order valence-electron chi connectivity index (χ1n) is 3.52. The molecule has 2 nitrogen and oxygen atoms in total. The Bertz CT molecular complexity index is 268. The van der Waals surface area contributed by atoms with Crippen LogP contribution < -0.4 is 5.32 Å². The van der Waals surface area contributed by atoms with Gasteiger partial charge >= 0.3 is 0 Å². The number of amides is 1. The molecular weight excluding hydrogens is 138 g/mol. The second kappa shape index (κ2) is 3.19. The summed E-state index contributed by atoms with van der Waals surface area (Å²) in [7, 11) is 0. The smallest absolute Gasteiger partial charge is 0.211 e. The summed E-state index contributed by atoms with van der Waals surface area (Å²) in [6.07, 6.45) is 0.696. The maximum Gasteiger partial charge on any atom is 0.211 e. The number of anilines is 1. The second-order valence-electron chi connectivity index (χ2n) is 2.51. The fourth-order valence-corrected chi connectivity index (χ4v) is 0.971. The highest BCUT2D eigenvalue weighted by atomic mass is 16.1. The van der Waals surface area contributed by atoms with Crippen LogP contribution in [-0.4, -0.2) is 6.41 Å². The van der Waals surface area contributed by atoms with Crippen LogP contribution in [0.1, 0.15) is 11.1 Å². The number of aryl methyl sites for hydroxylation is 1. The van der Waals surface area contributed by atoms with E-state index in [1.165, 1.54) is 5.56 Å². The average molecular weight is 149 g/mol. The molecule has 0 heterocycles. The molecule has 1 N–H and O–H groups in total. The maximum absolute atomic E-state index is 10.1. The van der Waals surface area contributed by atoms with Gasteiger partial charge in [0, 0.05) is 5.69 Å². The van der Waals surface area contributed by atoms with E-state index in [0.717, 1.165) is 11.3 Å². The predicted molar refractivity (Wildman–Crippen MR) is 45.6 cm³/mol. The molecule has 0 atom stereocenters. The maximum atomic E-state index is 10.1.